The van der Waals surface area contributed by atoms with Crippen molar-refractivity contribution in [3.8, 4) is 0 Å². The molecule has 0 saturated heterocycles. The van der Waals surface area contributed by atoms with Gasteiger partial charge in [-0.1, -0.05) is 47.6 Å². The van der Waals surface area contributed by atoms with Crippen molar-refractivity contribution in [2.75, 3.05) is 0 Å². The van der Waals surface area contributed by atoms with Gasteiger partial charge in [0.15, 0.2) is 0 Å². The standard InChI is InChI=1S/C24H26O2/c1-16(2)8-5-9-17(3)14-15-19-11-7-13-21-23(19)24(25)22-18(4)10-6-12-20(22)26-21/h6-8,10-14H,5,9,15H2,1-4H3/b17-14-. The molecule has 2 nitrogen and oxygen atoms in total. The van der Waals surface area contributed by atoms with Gasteiger partial charge in [0.2, 0.25) is 5.43 Å². The molecule has 3 aromatic rings. The Kier molecular flexibility index (Phi) is 5.41. The van der Waals surface area contributed by atoms with Crippen molar-refractivity contribution in [1.82, 2.24) is 0 Å². The van der Waals surface area contributed by atoms with Crippen LogP contribution in [0.4, 0.5) is 0 Å². The Balaban J connectivity index is 2.00. The topological polar surface area (TPSA) is 30.2 Å². The number of fused-ring (bicyclic) bond motifs is 2. The van der Waals surface area contributed by atoms with Crippen molar-refractivity contribution in [2.45, 2.75) is 47.0 Å². The molecular weight excluding hydrogens is 320 g/mol. The predicted molar refractivity (Wildman–Crippen MR) is 111 cm³/mol. The van der Waals surface area contributed by atoms with Crippen LogP contribution in [0.15, 0.2) is 68.9 Å². The number of rotatable bonds is 5. The van der Waals surface area contributed by atoms with Crippen molar-refractivity contribution >= 4 is 21.9 Å². The molecule has 0 unspecified atom stereocenters. The molecule has 0 atom stereocenters. The minimum absolute atomic E-state index is 0.0746. The largest absolute Gasteiger partial charge is 0.456 e. The highest BCUT2D eigenvalue weighted by atomic mass is 16.3. The Hall–Kier alpha value is -2.61. The summed E-state index contributed by atoms with van der Waals surface area (Å²) in [5.74, 6) is 0. The molecule has 0 saturated carbocycles. The van der Waals surface area contributed by atoms with E-state index in [-0.39, 0.29) is 5.43 Å². The Morgan fingerprint density at radius 3 is 2.38 bits per heavy atom. The molecule has 2 aromatic carbocycles. The summed E-state index contributed by atoms with van der Waals surface area (Å²) in [4.78, 5) is 13.1. The van der Waals surface area contributed by atoms with Crippen LogP contribution in [0, 0.1) is 6.92 Å². The summed E-state index contributed by atoms with van der Waals surface area (Å²) >= 11 is 0. The number of aryl methyl sites for hydroxylation is 1. The molecule has 0 aliphatic rings. The zero-order valence-corrected chi connectivity index (χ0v) is 16.1. The molecule has 0 N–H and O–H groups in total. The molecule has 1 aromatic heterocycles. The summed E-state index contributed by atoms with van der Waals surface area (Å²) in [7, 11) is 0. The molecule has 1 heterocycles. The Morgan fingerprint density at radius 1 is 0.962 bits per heavy atom. The zero-order valence-electron chi connectivity index (χ0n) is 16.1. The summed E-state index contributed by atoms with van der Waals surface area (Å²) in [6.07, 6.45) is 7.35. The Morgan fingerprint density at radius 2 is 1.65 bits per heavy atom. The van der Waals surface area contributed by atoms with Crippen molar-refractivity contribution in [3.05, 3.63) is 81.0 Å². The minimum Gasteiger partial charge on any atom is -0.456 e. The van der Waals surface area contributed by atoms with Gasteiger partial charge in [-0.25, -0.2) is 0 Å². The number of hydrogen-bond donors (Lipinski definition) is 0. The first-order valence-corrected chi connectivity index (χ1v) is 9.20. The lowest BCUT2D eigenvalue weighted by Gasteiger charge is -2.07. The number of hydrogen-bond acceptors (Lipinski definition) is 2. The van der Waals surface area contributed by atoms with E-state index in [4.69, 9.17) is 4.42 Å². The maximum atomic E-state index is 13.1. The van der Waals surface area contributed by atoms with E-state index in [0.29, 0.717) is 21.9 Å². The van der Waals surface area contributed by atoms with Gasteiger partial charge in [-0.2, -0.15) is 0 Å². The average Bonchev–Trinajstić information content (AvgIpc) is 2.59. The normalized spacial score (nSPS) is 11.9. The van der Waals surface area contributed by atoms with Crippen molar-refractivity contribution in [1.29, 1.82) is 0 Å². The van der Waals surface area contributed by atoms with E-state index >= 15 is 0 Å². The molecule has 26 heavy (non-hydrogen) atoms. The van der Waals surface area contributed by atoms with E-state index in [1.807, 2.05) is 43.3 Å². The Bertz CT molecular complexity index is 1060. The fraction of sp³-hybridized carbons (Fsp3) is 0.292. The van der Waals surface area contributed by atoms with Crippen molar-refractivity contribution in [3.63, 3.8) is 0 Å². The van der Waals surface area contributed by atoms with Crippen LogP contribution >= 0.6 is 0 Å². The number of benzene rings is 2. The van der Waals surface area contributed by atoms with Crippen LogP contribution in [0.3, 0.4) is 0 Å². The summed E-state index contributed by atoms with van der Waals surface area (Å²) in [6, 6.07) is 11.6. The van der Waals surface area contributed by atoms with Gasteiger partial charge in [0.1, 0.15) is 11.2 Å². The van der Waals surface area contributed by atoms with Gasteiger partial charge >= 0.3 is 0 Å². The van der Waals surface area contributed by atoms with Crippen LogP contribution in [0.2, 0.25) is 0 Å². The molecule has 0 bridgehead atoms. The smallest absolute Gasteiger partial charge is 0.201 e. The maximum absolute atomic E-state index is 13.1. The van der Waals surface area contributed by atoms with Crippen LogP contribution in [-0.4, -0.2) is 0 Å². The molecule has 134 valence electrons. The fourth-order valence-electron chi connectivity index (χ4n) is 3.32. The van der Waals surface area contributed by atoms with E-state index in [0.717, 1.165) is 30.4 Å². The third-order valence-electron chi connectivity index (χ3n) is 4.78. The SMILES string of the molecule is CC(C)=CCC/C(C)=C\Cc1cccc2oc3cccc(C)c3c(=O)c12. The molecule has 0 spiro atoms. The molecule has 0 aliphatic carbocycles. The fourth-order valence-corrected chi connectivity index (χ4v) is 3.32. The summed E-state index contributed by atoms with van der Waals surface area (Å²) < 4.78 is 6.02. The second kappa shape index (κ2) is 7.74. The number of allylic oxidation sites excluding steroid dienone is 4. The molecular formula is C24H26O2. The third kappa shape index (κ3) is 3.80. The van der Waals surface area contributed by atoms with E-state index in [1.165, 1.54) is 11.1 Å². The first-order chi connectivity index (χ1) is 12.5. The van der Waals surface area contributed by atoms with Crippen molar-refractivity contribution in [2.24, 2.45) is 0 Å². The summed E-state index contributed by atoms with van der Waals surface area (Å²) in [6.45, 7) is 8.37. The first-order valence-electron chi connectivity index (χ1n) is 9.20. The molecule has 2 heteroatoms. The summed E-state index contributed by atoms with van der Waals surface area (Å²) in [5.41, 5.74) is 6.09. The van der Waals surface area contributed by atoms with Gasteiger partial charge in [-0.3, -0.25) is 4.79 Å². The average molecular weight is 346 g/mol. The van der Waals surface area contributed by atoms with Crippen molar-refractivity contribution < 1.29 is 4.42 Å². The van der Waals surface area contributed by atoms with E-state index in [2.05, 4.69) is 32.9 Å². The minimum atomic E-state index is 0.0746. The zero-order chi connectivity index (χ0) is 18.7. The second-order valence-corrected chi connectivity index (χ2v) is 7.24. The first kappa shape index (κ1) is 18.2. The quantitative estimate of drug-likeness (QED) is 0.390. The van der Waals surface area contributed by atoms with E-state index < -0.39 is 0 Å². The van der Waals surface area contributed by atoms with Gasteiger partial charge in [0.05, 0.1) is 10.8 Å². The van der Waals surface area contributed by atoms with Crippen LogP contribution in [0.5, 0.6) is 0 Å². The van der Waals surface area contributed by atoms with Gasteiger partial charge < -0.3 is 4.42 Å². The van der Waals surface area contributed by atoms with Gasteiger partial charge in [-0.15, -0.1) is 0 Å². The van der Waals surface area contributed by atoms with Crippen LogP contribution < -0.4 is 5.43 Å². The maximum Gasteiger partial charge on any atom is 0.201 e. The molecule has 0 amide bonds. The third-order valence-corrected chi connectivity index (χ3v) is 4.78. The predicted octanol–water partition coefficient (Wildman–Crippen LogP) is 6.49. The van der Waals surface area contributed by atoms with Crippen LogP contribution in [0.25, 0.3) is 21.9 Å². The molecule has 0 aliphatic heterocycles. The van der Waals surface area contributed by atoms with Gasteiger partial charge in [0, 0.05) is 0 Å². The molecule has 0 radical (unpaired) electrons. The lowest BCUT2D eigenvalue weighted by atomic mass is 10.0. The van der Waals surface area contributed by atoms with E-state index in [1.54, 1.807) is 0 Å². The van der Waals surface area contributed by atoms with E-state index in [9.17, 15) is 4.79 Å². The Labute approximate surface area is 154 Å². The lowest BCUT2D eigenvalue weighted by Crippen LogP contribution is -2.06. The lowest BCUT2D eigenvalue weighted by molar-refractivity contribution is 0.659. The highest BCUT2D eigenvalue weighted by Gasteiger charge is 2.12. The second-order valence-electron chi connectivity index (χ2n) is 7.24. The highest BCUT2D eigenvalue weighted by molar-refractivity contribution is 5.93. The molecule has 0 fully saturated rings. The molecule has 3 rings (SSSR count). The highest BCUT2D eigenvalue weighted by Crippen LogP contribution is 2.24. The van der Waals surface area contributed by atoms with Gasteiger partial charge in [-0.05, 0) is 70.2 Å². The summed E-state index contributed by atoms with van der Waals surface area (Å²) in [5, 5.41) is 1.40. The van der Waals surface area contributed by atoms with Crippen LogP contribution in [-0.2, 0) is 6.42 Å². The monoisotopic (exact) mass is 346 g/mol. The van der Waals surface area contributed by atoms with Crippen LogP contribution in [0.1, 0.15) is 44.7 Å². The van der Waals surface area contributed by atoms with Gasteiger partial charge in [0.25, 0.3) is 0 Å².